The predicted octanol–water partition coefficient (Wildman–Crippen LogP) is -0.344. The Hall–Kier alpha value is -2.13. The van der Waals surface area contributed by atoms with Gasteiger partial charge in [0.1, 0.15) is 6.54 Å². The Morgan fingerprint density at radius 1 is 1.42 bits per heavy atom. The topological polar surface area (TPSA) is 104 Å². The maximum absolute atomic E-state index is 12.1. The molecule has 1 amide bonds. The first-order chi connectivity index (χ1) is 11.3. The zero-order valence-electron chi connectivity index (χ0n) is 13.6. The van der Waals surface area contributed by atoms with Gasteiger partial charge in [-0.2, -0.15) is 0 Å². The van der Waals surface area contributed by atoms with Crippen LogP contribution in [0.25, 0.3) is 0 Å². The highest BCUT2D eigenvalue weighted by molar-refractivity contribution is 7.91. The van der Waals surface area contributed by atoms with Crippen molar-refractivity contribution in [1.29, 1.82) is 0 Å². The molecule has 0 bridgehead atoms. The minimum atomic E-state index is -3.42. The molecule has 0 atom stereocenters. The monoisotopic (exact) mass is 356 g/mol. The Morgan fingerprint density at radius 3 is 2.75 bits per heavy atom. The zero-order valence-corrected chi connectivity index (χ0v) is 14.4. The largest absolute Gasteiger partial charge is 0.423 e. The Bertz CT molecular complexity index is 746. The van der Waals surface area contributed by atoms with Gasteiger partial charge in [-0.05, 0) is 12.1 Å². The molecule has 1 heterocycles. The van der Waals surface area contributed by atoms with E-state index in [1.54, 1.807) is 7.05 Å². The highest BCUT2D eigenvalue weighted by Crippen LogP contribution is 2.34. The number of hydrogen-bond acceptors (Lipinski definition) is 7. The molecule has 0 fully saturated rings. The Labute approximate surface area is 140 Å². The van der Waals surface area contributed by atoms with Crippen molar-refractivity contribution < 1.29 is 27.9 Å². The minimum absolute atomic E-state index is 0.0616. The number of aliphatic hydroxyl groups excluding tert-OH is 1. The summed E-state index contributed by atoms with van der Waals surface area (Å²) >= 11 is 0. The molecular formula is C15H20N2O6S. The van der Waals surface area contributed by atoms with Crippen LogP contribution in [0.3, 0.4) is 0 Å². The summed E-state index contributed by atoms with van der Waals surface area (Å²) in [5, 5.41) is 8.88. The van der Waals surface area contributed by atoms with Crippen molar-refractivity contribution in [2.45, 2.75) is 11.8 Å². The van der Waals surface area contributed by atoms with E-state index in [4.69, 9.17) is 9.84 Å². The van der Waals surface area contributed by atoms with Crippen LogP contribution in [0, 0.1) is 0 Å². The molecule has 0 radical (unpaired) electrons. The lowest BCUT2D eigenvalue weighted by molar-refractivity contribution is -0.133. The maximum Gasteiger partial charge on any atom is 0.331 e. The first kappa shape index (κ1) is 18.2. The van der Waals surface area contributed by atoms with Gasteiger partial charge in [0.15, 0.2) is 15.6 Å². The second-order valence-corrected chi connectivity index (χ2v) is 7.68. The van der Waals surface area contributed by atoms with Crippen LogP contribution in [-0.4, -0.2) is 69.3 Å². The number of rotatable bonds is 6. The van der Waals surface area contributed by atoms with E-state index in [-0.39, 0.29) is 48.5 Å². The van der Waals surface area contributed by atoms with Crippen LogP contribution in [0.5, 0.6) is 5.75 Å². The molecule has 0 saturated heterocycles. The molecule has 0 spiro atoms. The number of hydrogen-bond donors (Lipinski definition) is 1. The average Bonchev–Trinajstić information content (AvgIpc) is 2.54. The number of nitrogens with zero attached hydrogens (tertiary/aromatic N) is 2. The first-order valence-electron chi connectivity index (χ1n) is 7.45. The molecule has 0 unspecified atom stereocenters. The molecule has 0 saturated carbocycles. The second kappa shape index (κ2) is 7.18. The van der Waals surface area contributed by atoms with Gasteiger partial charge in [-0.1, -0.05) is 6.92 Å². The standard InChI is InChI=1S/C15H20N2O6S/c1-3-24(21,22)11-4-5-12-13(8-11)23-15(20)10-17(12)9-14(19)16(2)6-7-18/h4-5,8,18H,3,6-7,9-10H2,1-2H3. The number of carbonyl (C=O) groups excluding carboxylic acids is 2. The molecular weight excluding hydrogens is 336 g/mol. The lowest BCUT2D eigenvalue weighted by Gasteiger charge is -2.30. The van der Waals surface area contributed by atoms with Crippen molar-refractivity contribution >= 4 is 27.4 Å². The van der Waals surface area contributed by atoms with Gasteiger partial charge >= 0.3 is 5.97 Å². The molecule has 1 aromatic rings. The number of aliphatic hydroxyl groups is 1. The van der Waals surface area contributed by atoms with Gasteiger partial charge in [0.2, 0.25) is 5.91 Å². The lowest BCUT2D eigenvalue weighted by atomic mass is 10.2. The number of fused-ring (bicyclic) bond motifs is 1. The van der Waals surface area contributed by atoms with E-state index in [0.29, 0.717) is 5.69 Å². The van der Waals surface area contributed by atoms with Crippen molar-refractivity contribution in [3.05, 3.63) is 18.2 Å². The highest BCUT2D eigenvalue weighted by atomic mass is 32.2. The van der Waals surface area contributed by atoms with Crippen molar-refractivity contribution in [3.63, 3.8) is 0 Å². The van der Waals surface area contributed by atoms with Gasteiger partial charge in [-0.15, -0.1) is 0 Å². The summed E-state index contributed by atoms with van der Waals surface area (Å²) in [5.74, 6) is -0.770. The zero-order chi connectivity index (χ0) is 17.9. The smallest absolute Gasteiger partial charge is 0.331 e. The molecule has 8 nitrogen and oxygen atoms in total. The number of carbonyl (C=O) groups is 2. The number of ether oxygens (including phenoxy) is 1. The van der Waals surface area contributed by atoms with Crippen molar-refractivity contribution in [3.8, 4) is 5.75 Å². The van der Waals surface area contributed by atoms with Crippen molar-refractivity contribution in [1.82, 2.24) is 4.90 Å². The quantitative estimate of drug-likeness (QED) is 0.549. The maximum atomic E-state index is 12.1. The van der Waals surface area contributed by atoms with Crippen molar-refractivity contribution in [2.75, 3.05) is 43.9 Å². The minimum Gasteiger partial charge on any atom is -0.423 e. The predicted molar refractivity (Wildman–Crippen MR) is 86.7 cm³/mol. The van der Waals surface area contributed by atoms with Crippen LogP contribution in [-0.2, 0) is 19.4 Å². The van der Waals surface area contributed by atoms with E-state index in [1.165, 1.54) is 34.9 Å². The molecule has 0 aliphatic carbocycles. The Kier molecular flexibility index (Phi) is 5.45. The van der Waals surface area contributed by atoms with Gasteiger partial charge in [-0.25, -0.2) is 13.2 Å². The lowest BCUT2D eigenvalue weighted by Crippen LogP contribution is -2.44. The van der Waals surface area contributed by atoms with E-state index >= 15 is 0 Å². The fourth-order valence-corrected chi connectivity index (χ4v) is 3.19. The molecule has 1 aromatic carbocycles. The summed E-state index contributed by atoms with van der Waals surface area (Å²) in [6.45, 7) is 1.39. The van der Waals surface area contributed by atoms with E-state index < -0.39 is 15.8 Å². The molecule has 1 N–H and O–H groups in total. The normalized spacial score (nSPS) is 14.1. The average molecular weight is 356 g/mol. The van der Waals surface area contributed by atoms with E-state index in [0.717, 1.165) is 0 Å². The number of anilines is 1. The molecule has 0 aromatic heterocycles. The fourth-order valence-electron chi connectivity index (χ4n) is 2.29. The summed E-state index contributed by atoms with van der Waals surface area (Å²) in [6, 6.07) is 4.27. The molecule has 1 aliphatic heterocycles. The van der Waals surface area contributed by atoms with E-state index in [2.05, 4.69) is 0 Å². The molecule has 132 valence electrons. The third kappa shape index (κ3) is 3.85. The summed E-state index contributed by atoms with van der Waals surface area (Å²) in [4.78, 5) is 26.8. The van der Waals surface area contributed by atoms with Gasteiger partial charge < -0.3 is 19.6 Å². The van der Waals surface area contributed by atoms with Crippen molar-refractivity contribution in [2.24, 2.45) is 0 Å². The third-order valence-corrected chi connectivity index (χ3v) is 5.47. The summed E-state index contributed by atoms with van der Waals surface area (Å²) in [6.07, 6.45) is 0. The van der Waals surface area contributed by atoms with Crippen LogP contribution in [0.2, 0.25) is 0 Å². The number of esters is 1. The number of amides is 1. The van der Waals surface area contributed by atoms with Gasteiger partial charge in [0.05, 0.1) is 29.5 Å². The summed E-state index contributed by atoms with van der Waals surface area (Å²) in [5.41, 5.74) is 0.482. The van der Waals surface area contributed by atoms with Crippen LogP contribution in [0.1, 0.15) is 6.92 Å². The number of benzene rings is 1. The molecule has 9 heteroatoms. The Balaban J connectivity index is 2.30. The second-order valence-electron chi connectivity index (χ2n) is 5.40. The van der Waals surface area contributed by atoms with Gasteiger partial charge in [-0.3, -0.25) is 4.79 Å². The third-order valence-electron chi connectivity index (χ3n) is 3.74. The van der Waals surface area contributed by atoms with Gasteiger partial charge in [0.25, 0.3) is 0 Å². The van der Waals surface area contributed by atoms with Gasteiger partial charge in [0, 0.05) is 19.7 Å². The summed E-state index contributed by atoms with van der Waals surface area (Å²) < 4.78 is 29.0. The number of sulfone groups is 1. The van der Waals surface area contributed by atoms with Crippen LogP contribution in [0.15, 0.2) is 23.1 Å². The molecule has 24 heavy (non-hydrogen) atoms. The highest BCUT2D eigenvalue weighted by Gasteiger charge is 2.28. The van der Waals surface area contributed by atoms with E-state index in [9.17, 15) is 18.0 Å². The van der Waals surface area contributed by atoms with E-state index in [1.807, 2.05) is 0 Å². The molecule has 1 aliphatic rings. The Morgan fingerprint density at radius 2 is 2.12 bits per heavy atom. The summed E-state index contributed by atoms with van der Waals surface area (Å²) in [7, 11) is -1.87. The first-order valence-corrected chi connectivity index (χ1v) is 9.11. The fraction of sp³-hybridized carbons (Fsp3) is 0.467. The van der Waals surface area contributed by atoms with Crippen LogP contribution in [0.4, 0.5) is 5.69 Å². The van der Waals surface area contributed by atoms with Crippen LogP contribution >= 0.6 is 0 Å². The SMILES string of the molecule is CCS(=O)(=O)c1ccc2c(c1)OC(=O)CN2CC(=O)N(C)CCO. The number of likely N-dealkylation sites (N-methyl/N-ethyl adjacent to an activating group) is 1. The van der Waals surface area contributed by atoms with Crippen LogP contribution < -0.4 is 9.64 Å². The molecule has 2 rings (SSSR count).